The summed E-state index contributed by atoms with van der Waals surface area (Å²) >= 11 is 0. The normalized spacial score (nSPS) is 14.3. The Bertz CT molecular complexity index is 1240. The lowest BCUT2D eigenvalue weighted by molar-refractivity contribution is -0.154. The minimum Gasteiger partial charge on any atom is -0.457 e. The van der Waals surface area contributed by atoms with E-state index >= 15 is 0 Å². The number of hydrogen-bond donors (Lipinski definition) is 2. The second kappa shape index (κ2) is 47.5. The van der Waals surface area contributed by atoms with Crippen molar-refractivity contribution in [1.82, 2.24) is 0 Å². The van der Waals surface area contributed by atoms with E-state index in [0.717, 1.165) is 89.9 Å². The van der Waals surface area contributed by atoms with E-state index in [2.05, 4.69) is 111 Å². The molecule has 0 fully saturated rings. The average molecular weight is 858 g/mol. The molecule has 0 radical (unpaired) electrons. The highest BCUT2D eigenvalue weighted by molar-refractivity contribution is 7.47. The molecule has 0 spiro atoms. The molecule has 60 heavy (non-hydrogen) atoms. The number of nitrogens with two attached hydrogens (primary N) is 1. The molecule has 0 bridgehead atoms. The van der Waals surface area contributed by atoms with Crippen LogP contribution in [0, 0.1) is 0 Å². The monoisotopic (exact) mass is 858 g/mol. The Morgan fingerprint density at radius 2 is 0.933 bits per heavy atom. The minimum atomic E-state index is -4.30. The van der Waals surface area contributed by atoms with Crippen LogP contribution in [0.5, 0.6) is 0 Å². The van der Waals surface area contributed by atoms with Gasteiger partial charge in [0, 0.05) is 19.6 Å². The van der Waals surface area contributed by atoms with Gasteiger partial charge in [0.05, 0.1) is 19.8 Å². The van der Waals surface area contributed by atoms with E-state index in [9.17, 15) is 14.3 Å². The van der Waals surface area contributed by atoms with Crippen molar-refractivity contribution in [2.24, 2.45) is 5.73 Å². The van der Waals surface area contributed by atoms with Crippen LogP contribution in [-0.2, 0) is 27.9 Å². The van der Waals surface area contributed by atoms with Gasteiger partial charge in [-0.15, -0.1) is 0 Å². The lowest BCUT2D eigenvalue weighted by Crippen LogP contribution is -2.28. The second-order valence-corrected chi connectivity index (χ2v) is 16.7. The van der Waals surface area contributed by atoms with Crippen molar-refractivity contribution >= 4 is 13.8 Å². The molecule has 0 saturated heterocycles. The lowest BCUT2D eigenvalue weighted by Gasteiger charge is -2.20. The first-order chi connectivity index (χ1) is 29.4. The summed E-state index contributed by atoms with van der Waals surface area (Å²) in [5.74, 6) is -0.360. The molecular weight excluding hydrogens is 770 g/mol. The standard InChI is InChI=1S/C51H88NO7P/c1-3-5-7-9-11-13-15-17-19-21-23-24-25-26-27-28-30-32-34-36-38-40-42-44-51(53)59-50(49-58-60(54,55)57-47-45-52)48-56-46-43-41-39-37-35-33-31-29-22-20-18-16-14-12-10-8-6-4-2/h5,7,11-14,17-20,23-24,26-27,30,32,50H,3-4,6,8-10,15-16,21-22,25,28-29,31,33-49,52H2,1-2H3,(H,54,55)/b7-5-,13-11-,14-12-,19-17-,20-18-,24-23-,27-26-,32-30-. The van der Waals surface area contributed by atoms with Crippen molar-refractivity contribution in [2.75, 3.05) is 33.0 Å². The topological polar surface area (TPSA) is 117 Å². The van der Waals surface area contributed by atoms with Crippen LogP contribution in [0.1, 0.15) is 181 Å². The molecule has 0 heterocycles. The average Bonchev–Trinajstić information content (AvgIpc) is 3.24. The second-order valence-electron chi connectivity index (χ2n) is 15.2. The molecule has 0 aromatic carbocycles. The van der Waals surface area contributed by atoms with Gasteiger partial charge < -0.3 is 20.1 Å². The van der Waals surface area contributed by atoms with Crippen LogP contribution in [0.4, 0.5) is 0 Å². The van der Waals surface area contributed by atoms with Gasteiger partial charge in [-0.05, 0) is 96.3 Å². The molecule has 0 aromatic rings. The van der Waals surface area contributed by atoms with Crippen LogP contribution >= 0.6 is 7.82 Å². The van der Waals surface area contributed by atoms with E-state index in [1.165, 1.54) is 70.6 Å². The highest BCUT2D eigenvalue weighted by Crippen LogP contribution is 2.43. The molecule has 0 aliphatic heterocycles. The van der Waals surface area contributed by atoms with E-state index in [1.807, 2.05) is 0 Å². The van der Waals surface area contributed by atoms with E-state index in [0.29, 0.717) is 6.61 Å². The fraction of sp³-hybridized carbons (Fsp3) is 0.667. The number of phosphoric acid groups is 1. The summed E-state index contributed by atoms with van der Waals surface area (Å²) in [5, 5.41) is 0. The fourth-order valence-corrected chi connectivity index (χ4v) is 6.79. The van der Waals surface area contributed by atoms with Crippen LogP contribution in [0.2, 0.25) is 0 Å². The molecule has 3 N–H and O–H groups in total. The molecule has 2 unspecified atom stereocenters. The summed E-state index contributed by atoms with van der Waals surface area (Å²) in [7, 11) is -4.30. The van der Waals surface area contributed by atoms with Crippen molar-refractivity contribution in [3.05, 3.63) is 97.2 Å². The van der Waals surface area contributed by atoms with Gasteiger partial charge >= 0.3 is 13.8 Å². The highest BCUT2D eigenvalue weighted by atomic mass is 31.2. The third-order valence-electron chi connectivity index (χ3n) is 9.49. The number of carbonyl (C=O) groups excluding carboxylic acids is 1. The Kier molecular flexibility index (Phi) is 45.4. The quantitative estimate of drug-likeness (QED) is 0.0269. The number of ether oxygens (including phenoxy) is 2. The first-order valence-corrected chi connectivity index (χ1v) is 25.2. The third kappa shape index (κ3) is 46.5. The molecule has 0 aromatic heterocycles. The zero-order valence-electron chi connectivity index (χ0n) is 38.2. The first kappa shape index (κ1) is 57.4. The smallest absolute Gasteiger partial charge is 0.457 e. The van der Waals surface area contributed by atoms with Gasteiger partial charge in [-0.1, -0.05) is 175 Å². The summed E-state index contributed by atoms with van der Waals surface area (Å²) in [6.45, 7) is 4.72. The molecule has 0 aliphatic rings. The molecular formula is C51H88NO7P. The summed E-state index contributed by atoms with van der Waals surface area (Å²) < 4.78 is 33.5. The molecule has 0 aliphatic carbocycles. The summed E-state index contributed by atoms with van der Waals surface area (Å²) in [5.41, 5.74) is 5.38. The summed E-state index contributed by atoms with van der Waals surface area (Å²) in [6.07, 6.45) is 62.8. The van der Waals surface area contributed by atoms with Crippen molar-refractivity contribution in [3.8, 4) is 0 Å². The Morgan fingerprint density at radius 1 is 0.517 bits per heavy atom. The highest BCUT2D eigenvalue weighted by Gasteiger charge is 2.25. The van der Waals surface area contributed by atoms with Crippen LogP contribution in [-0.4, -0.2) is 49.9 Å². The van der Waals surface area contributed by atoms with Crippen molar-refractivity contribution in [3.63, 3.8) is 0 Å². The number of unbranched alkanes of at least 4 members (excludes halogenated alkanes) is 15. The Labute approximate surface area is 368 Å². The van der Waals surface area contributed by atoms with Gasteiger partial charge in [0.2, 0.25) is 0 Å². The van der Waals surface area contributed by atoms with Crippen molar-refractivity contribution in [1.29, 1.82) is 0 Å². The van der Waals surface area contributed by atoms with Crippen molar-refractivity contribution in [2.45, 2.75) is 187 Å². The van der Waals surface area contributed by atoms with Crippen molar-refractivity contribution < 1.29 is 32.8 Å². The van der Waals surface area contributed by atoms with Gasteiger partial charge in [-0.3, -0.25) is 13.8 Å². The maximum Gasteiger partial charge on any atom is 0.472 e. The zero-order chi connectivity index (χ0) is 43.7. The molecule has 2 atom stereocenters. The minimum absolute atomic E-state index is 0.0893. The van der Waals surface area contributed by atoms with Gasteiger partial charge in [0.15, 0.2) is 0 Å². The summed E-state index contributed by atoms with van der Waals surface area (Å²) in [4.78, 5) is 22.5. The Morgan fingerprint density at radius 3 is 1.40 bits per heavy atom. The van der Waals surface area contributed by atoms with Gasteiger partial charge in [-0.25, -0.2) is 4.57 Å². The number of phosphoric ester groups is 1. The predicted molar refractivity (Wildman–Crippen MR) is 256 cm³/mol. The molecule has 0 rings (SSSR count). The van der Waals surface area contributed by atoms with Gasteiger partial charge in [0.25, 0.3) is 0 Å². The Hall–Kier alpha value is -2.58. The largest absolute Gasteiger partial charge is 0.472 e. The first-order valence-electron chi connectivity index (χ1n) is 23.7. The SMILES string of the molecule is CC/C=C\C/C=C\C/C=C\C/C=C\C/C=C\C/C=C\CCCCCCC(=O)OC(COCCCCCCCCCC/C=C\C/C=C\CCCCC)COP(=O)(O)OCCN. The number of hydrogen-bond acceptors (Lipinski definition) is 7. The number of esters is 1. The van der Waals surface area contributed by atoms with E-state index < -0.39 is 13.9 Å². The maximum absolute atomic E-state index is 12.6. The van der Waals surface area contributed by atoms with Crippen LogP contribution in [0.3, 0.4) is 0 Å². The van der Waals surface area contributed by atoms with E-state index in [-0.39, 0.29) is 38.8 Å². The molecule has 8 nitrogen and oxygen atoms in total. The summed E-state index contributed by atoms with van der Waals surface area (Å²) in [6, 6.07) is 0. The number of carbonyl (C=O) groups is 1. The molecule has 0 amide bonds. The number of rotatable bonds is 44. The fourth-order valence-electron chi connectivity index (χ4n) is 6.03. The maximum atomic E-state index is 12.6. The van der Waals surface area contributed by atoms with Crippen LogP contribution in [0.15, 0.2) is 97.2 Å². The predicted octanol–water partition coefficient (Wildman–Crippen LogP) is 14.6. The van der Waals surface area contributed by atoms with E-state index in [1.54, 1.807) is 0 Å². The van der Waals surface area contributed by atoms with E-state index in [4.69, 9.17) is 24.3 Å². The number of allylic oxidation sites excluding steroid dienone is 16. The molecule has 0 saturated carbocycles. The third-order valence-corrected chi connectivity index (χ3v) is 10.5. The van der Waals surface area contributed by atoms with Gasteiger partial charge in [0.1, 0.15) is 6.10 Å². The molecule has 344 valence electrons. The van der Waals surface area contributed by atoms with Gasteiger partial charge in [-0.2, -0.15) is 0 Å². The Balaban J connectivity index is 4.09. The molecule has 9 heteroatoms. The van der Waals surface area contributed by atoms with Crippen LogP contribution < -0.4 is 5.73 Å². The van der Waals surface area contributed by atoms with Crippen LogP contribution in [0.25, 0.3) is 0 Å². The lowest BCUT2D eigenvalue weighted by atomic mass is 10.1. The zero-order valence-corrected chi connectivity index (χ0v) is 39.1.